The van der Waals surface area contributed by atoms with Crippen LogP contribution in [0.5, 0.6) is 23.0 Å². The number of aromatic hydroxyl groups is 4. The first-order valence-electron chi connectivity index (χ1n) is 11.5. The zero-order valence-corrected chi connectivity index (χ0v) is 19.7. The van der Waals surface area contributed by atoms with Crippen molar-refractivity contribution < 1.29 is 39.9 Å². The molecular weight excluding hydrogens is 472 g/mol. The van der Waals surface area contributed by atoms with Gasteiger partial charge in [-0.2, -0.15) is 0 Å². The van der Waals surface area contributed by atoms with Crippen molar-refractivity contribution in [2.75, 3.05) is 32.8 Å². The number of hydrogen-bond donors (Lipinski definition) is 9. The molecule has 0 aliphatic rings. The number of hydrogen-bond acceptors (Lipinski definition) is 9. The highest BCUT2D eigenvalue weighted by atomic mass is 16.3. The highest BCUT2D eigenvalue weighted by Crippen LogP contribution is 2.28. The molecule has 0 bridgehead atoms. The van der Waals surface area contributed by atoms with E-state index in [-0.39, 0.29) is 16.9 Å². The molecule has 0 saturated heterocycles. The quantitative estimate of drug-likeness (QED) is 0.124. The number of carbonyl (C=O) groups is 3. The molecule has 0 saturated carbocycles. The number of nitrogens with one attached hydrogen (secondary N) is 4. The lowest BCUT2D eigenvalue weighted by Gasteiger charge is -2.17. The average molecular weight is 505 g/mol. The standard InChI is InChI=1S/C24H32N4O8/c29-14-17(28-23(35)16-7-4-9-19(31)21(16)33)24(36)27-12-2-1-10-25-11-5-13-26-22(34)15-6-3-8-18(30)20(15)32/h3-4,6-9,17,25,29-33H,1-2,5,10-14H2,(H,26,34)(H,27,36)(H,28,35)/t17-/m0/s1. The molecule has 2 aromatic carbocycles. The van der Waals surface area contributed by atoms with Gasteiger partial charge in [-0.1, -0.05) is 12.1 Å². The van der Waals surface area contributed by atoms with Crippen molar-refractivity contribution in [1.82, 2.24) is 21.3 Å². The Labute approximate surface area is 208 Å². The summed E-state index contributed by atoms with van der Waals surface area (Å²) in [7, 11) is 0. The number of amides is 3. The molecule has 12 nitrogen and oxygen atoms in total. The van der Waals surface area contributed by atoms with Gasteiger partial charge in [0.2, 0.25) is 5.91 Å². The Morgan fingerprint density at radius 1 is 0.694 bits per heavy atom. The number of rotatable bonds is 14. The summed E-state index contributed by atoms with van der Waals surface area (Å²) < 4.78 is 0. The summed E-state index contributed by atoms with van der Waals surface area (Å²) in [5.41, 5.74) is -0.213. The molecule has 36 heavy (non-hydrogen) atoms. The lowest BCUT2D eigenvalue weighted by Crippen LogP contribution is -2.49. The van der Waals surface area contributed by atoms with E-state index in [9.17, 15) is 39.9 Å². The third-order valence-electron chi connectivity index (χ3n) is 5.22. The molecule has 1 atom stereocenters. The summed E-state index contributed by atoms with van der Waals surface area (Å²) in [6.45, 7) is 1.38. The predicted octanol–water partition coefficient (Wildman–Crippen LogP) is -0.0942. The van der Waals surface area contributed by atoms with Gasteiger partial charge in [0, 0.05) is 13.1 Å². The minimum Gasteiger partial charge on any atom is -0.504 e. The van der Waals surface area contributed by atoms with E-state index < -0.39 is 47.6 Å². The molecule has 0 fully saturated rings. The van der Waals surface area contributed by atoms with E-state index in [1.54, 1.807) is 0 Å². The van der Waals surface area contributed by atoms with Crippen LogP contribution in [0.15, 0.2) is 36.4 Å². The molecular formula is C24H32N4O8. The number of phenolic OH excluding ortho intramolecular Hbond substituents is 4. The molecule has 196 valence electrons. The van der Waals surface area contributed by atoms with Crippen LogP contribution in [-0.4, -0.2) is 82.1 Å². The van der Waals surface area contributed by atoms with Crippen LogP contribution in [-0.2, 0) is 4.79 Å². The summed E-state index contributed by atoms with van der Waals surface area (Å²) >= 11 is 0. The lowest BCUT2D eigenvalue weighted by molar-refractivity contribution is -0.123. The molecule has 0 spiro atoms. The fourth-order valence-electron chi connectivity index (χ4n) is 3.20. The topological polar surface area (TPSA) is 200 Å². The maximum atomic E-state index is 12.2. The van der Waals surface area contributed by atoms with Gasteiger partial charge in [0.15, 0.2) is 23.0 Å². The highest BCUT2D eigenvalue weighted by Gasteiger charge is 2.22. The first-order valence-corrected chi connectivity index (χ1v) is 11.5. The molecule has 0 aromatic heterocycles. The number of carbonyl (C=O) groups excluding carboxylic acids is 3. The first-order chi connectivity index (χ1) is 17.3. The smallest absolute Gasteiger partial charge is 0.255 e. The maximum absolute atomic E-state index is 12.2. The third-order valence-corrected chi connectivity index (χ3v) is 5.22. The van der Waals surface area contributed by atoms with Gasteiger partial charge < -0.3 is 46.8 Å². The Bertz CT molecular complexity index is 1050. The summed E-state index contributed by atoms with van der Waals surface area (Å²) in [5, 5.41) is 58.6. The van der Waals surface area contributed by atoms with E-state index in [1.165, 1.54) is 36.4 Å². The zero-order chi connectivity index (χ0) is 26.5. The Balaban J connectivity index is 1.56. The third kappa shape index (κ3) is 8.32. The number of aliphatic hydroxyl groups is 1. The number of para-hydroxylation sites is 2. The normalized spacial score (nSPS) is 11.5. The predicted molar refractivity (Wildman–Crippen MR) is 130 cm³/mol. The van der Waals surface area contributed by atoms with Crippen molar-refractivity contribution in [3.63, 3.8) is 0 Å². The van der Waals surface area contributed by atoms with Gasteiger partial charge in [-0.3, -0.25) is 14.4 Å². The van der Waals surface area contributed by atoms with Gasteiger partial charge in [-0.25, -0.2) is 0 Å². The van der Waals surface area contributed by atoms with Gasteiger partial charge in [0.25, 0.3) is 11.8 Å². The van der Waals surface area contributed by atoms with Gasteiger partial charge in [0.05, 0.1) is 17.7 Å². The number of benzene rings is 2. The molecule has 0 radical (unpaired) electrons. The van der Waals surface area contributed by atoms with Crippen molar-refractivity contribution in [3.05, 3.63) is 47.5 Å². The van der Waals surface area contributed by atoms with E-state index in [1.807, 2.05) is 0 Å². The van der Waals surface area contributed by atoms with Crippen LogP contribution in [0.3, 0.4) is 0 Å². The first kappa shape index (κ1) is 28.2. The average Bonchev–Trinajstić information content (AvgIpc) is 2.86. The van der Waals surface area contributed by atoms with E-state index in [4.69, 9.17) is 0 Å². The fraction of sp³-hybridized carbons (Fsp3) is 0.375. The van der Waals surface area contributed by atoms with E-state index >= 15 is 0 Å². The molecule has 0 unspecified atom stereocenters. The minimum absolute atomic E-state index is 0.00511. The lowest BCUT2D eigenvalue weighted by atomic mass is 10.1. The second-order valence-electron chi connectivity index (χ2n) is 7.91. The number of phenols is 4. The molecule has 0 heterocycles. The van der Waals surface area contributed by atoms with Crippen LogP contribution in [0.4, 0.5) is 0 Å². The van der Waals surface area contributed by atoms with Crippen LogP contribution in [0.1, 0.15) is 40.0 Å². The Hall–Kier alpha value is -4.03. The maximum Gasteiger partial charge on any atom is 0.255 e. The van der Waals surface area contributed by atoms with Crippen molar-refractivity contribution in [2.45, 2.75) is 25.3 Å². The van der Waals surface area contributed by atoms with Crippen molar-refractivity contribution in [3.8, 4) is 23.0 Å². The summed E-state index contributed by atoms with van der Waals surface area (Å²) in [5.74, 6) is -3.76. The second kappa shape index (κ2) is 14.4. The van der Waals surface area contributed by atoms with Crippen molar-refractivity contribution in [1.29, 1.82) is 0 Å². The number of aliphatic hydroxyl groups excluding tert-OH is 1. The number of unbranched alkanes of at least 4 members (excludes halogenated alkanes) is 1. The minimum atomic E-state index is -1.21. The van der Waals surface area contributed by atoms with Crippen LogP contribution in [0.25, 0.3) is 0 Å². The van der Waals surface area contributed by atoms with E-state index in [2.05, 4.69) is 21.3 Å². The van der Waals surface area contributed by atoms with Gasteiger partial charge in [-0.05, 0) is 56.6 Å². The van der Waals surface area contributed by atoms with Crippen LogP contribution in [0, 0.1) is 0 Å². The summed E-state index contributed by atoms with van der Waals surface area (Å²) in [4.78, 5) is 36.5. The molecule has 2 rings (SSSR count). The van der Waals surface area contributed by atoms with E-state index in [0.29, 0.717) is 39.0 Å². The van der Waals surface area contributed by atoms with E-state index in [0.717, 1.165) is 6.42 Å². The van der Waals surface area contributed by atoms with Crippen LogP contribution < -0.4 is 21.3 Å². The Kier molecular flexibility index (Phi) is 11.3. The van der Waals surface area contributed by atoms with Gasteiger partial charge in [-0.15, -0.1) is 0 Å². The zero-order valence-electron chi connectivity index (χ0n) is 19.7. The van der Waals surface area contributed by atoms with Crippen molar-refractivity contribution >= 4 is 17.7 Å². The SMILES string of the molecule is O=C(NCCCNCCCCNC(=O)[C@H](CO)NC(=O)c1cccc(O)c1O)c1cccc(O)c1O. The van der Waals surface area contributed by atoms with Crippen LogP contribution >= 0.6 is 0 Å². The molecule has 12 heteroatoms. The Morgan fingerprint density at radius 2 is 1.22 bits per heavy atom. The molecule has 0 aliphatic carbocycles. The van der Waals surface area contributed by atoms with Crippen molar-refractivity contribution in [2.24, 2.45) is 0 Å². The van der Waals surface area contributed by atoms with Crippen LogP contribution in [0.2, 0.25) is 0 Å². The monoisotopic (exact) mass is 504 g/mol. The molecule has 3 amide bonds. The Morgan fingerprint density at radius 3 is 1.83 bits per heavy atom. The summed E-state index contributed by atoms with van der Waals surface area (Å²) in [6.07, 6.45) is 2.04. The van der Waals surface area contributed by atoms with Gasteiger partial charge in [0.1, 0.15) is 6.04 Å². The molecule has 9 N–H and O–H groups in total. The largest absolute Gasteiger partial charge is 0.504 e. The highest BCUT2D eigenvalue weighted by molar-refractivity contribution is 6.00. The second-order valence-corrected chi connectivity index (χ2v) is 7.91. The summed E-state index contributed by atoms with van der Waals surface area (Å²) in [6, 6.07) is 6.81. The molecule has 0 aliphatic heterocycles. The fourth-order valence-corrected chi connectivity index (χ4v) is 3.20. The molecule has 2 aromatic rings. The van der Waals surface area contributed by atoms with Gasteiger partial charge >= 0.3 is 0 Å².